The minimum absolute atomic E-state index is 0.566. The molecule has 2 aromatic rings. The van der Waals surface area contributed by atoms with Crippen molar-refractivity contribution in [3.63, 3.8) is 0 Å². The lowest BCUT2D eigenvalue weighted by Crippen LogP contribution is -2.27. The van der Waals surface area contributed by atoms with Crippen molar-refractivity contribution in [3.05, 3.63) is 69.8 Å². The second kappa shape index (κ2) is 7.59. The van der Waals surface area contributed by atoms with E-state index in [1.807, 2.05) is 19.2 Å². The van der Waals surface area contributed by atoms with Gasteiger partial charge in [-0.3, -0.25) is 4.98 Å². The first kappa shape index (κ1) is 18.0. The maximum absolute atomic E-state index is 5.95. The number of likely N-dealkylation sites (N-methyl/N-ethyl adjacent to an activating group) is 1. The van der Waals surface area contributed by atoms with Gasteiger partial charge in [-0.1, -0.05) is 30.3 Å². The molecule has 0 aliphatic carbocycles. The molecule has 0 N–H and O–H groups in total. The van der Waals surface area contributed by atoms with Crippen LogP contribution in [0.15, 0.2) is 36.0 Å². The number of hydrogen-bond donors (Lipinski definition) is 0. The summed E-state index contributed by atoms with van der Waals surface area (Å²) in [6, 6.07) is 4.27. The zero-order valence-electron chi connectivity index (χ0n) is 15.3. The number of halogens is 1. The molecule has 0 saturated carbocycles. The predicted molar refractivity (Wildman–Crippen MR) is 106 cm³/mol. The second-order valence-electron chi connectivity index (χ2n) is 6.90. The molecule has 132 valence electrons. The third-order valence-corrected chi connectivity index (χ3v) is 5.11. The van der Waals surface area contributed by atoms with Gasteiger partial charge in [-0.15, -0.1) is 0 Å². The van der Waals surface area contributed by atoms with Gasteiger partial charge >= 0.3 is 0 Å². The van der Waals surface area contributed by atoms with Gasteiger partial charge in [-0.2, -0.15) is 0 Å². The Kier molecular flexibility index (Phi) is 5.45. The molecule has 0 radical (unpaired) electrons. The molecule has 0 amide bonds. The number of rotatable bonds is 5. The van der Waals surface area contributed by atoms with E-state index in [2.05, 4.69) is 53.2 Å². The largest absolute Gasteiger partial charge is 0.348 e. The molecule has 0 bridgehead atoms. The Balaban J connectivity index is 1.91. The van der Waals surface area contributed by atoms with Crippen molar-refractivity contribution in [2.45, 2.75) is 39.8 Å². The van der Waals surface area contributed by atoms with E-state index >= 15 is 0 Å². The van der Waals surface area contributed by atoms with Crippen molar-refractivity contribution in [1.82, 2.24) is 14.5 Å². The van der Waals surface area contributed by atoms with Gasteiger partial charge in [0.15, 0.2) is 0 Å². The van der Waals surface area contributed by atoms with E-state index in [0.29, 0.717) is 5.03 Å². The van der Waals surface area contributed by atoms with Crippen LogP contribution >= 0.6 is 11.6 Å². The summed E-state index contributed by atoms with van der Waals surface area (Å²) in [6.07, 6.45) is 8.09. The van der Waals surface area contributed by atoms with Gasteiger partial charge < -0.3 is 9.47 Å². The zero-order chi connectivity index (χ0) is 18.0. The molecular weight excluding hydrogens is 330 g/mol. The number of pyridine rings is 1. The molecule has 0 atom stereocenters. The summed E-state index contributed by atoms with van der Waals surface area (Å²) in [6.45, 7) is 11.1. The van der Waals surface area contributed by atoms with Crippen molar-refractivity contribution in [1.29, 1.82) is 0 Å². The van der Waals surface area contributed by atoms with Gasteiger partial charge in [-0.05, 0) is 56.1 Å². The van der Waals surface area contributed by atoms with Crippen molar-refractivity contribution in [3.8, 4) is 0 Å². The summed E-state index contributed by atoms with van der Waals surface area (Å²) < 4.78 is 2.48. The highest BCUT2D eigenvalue weighted by Crippen LogP contribution is 2.30. The van der Waals surface area contributed by atoms with Gasteiger partial charge in [0.1, 0.15) is 0 Å². The van der Waals surface area contributed by atoms with Gasteiger partial charge in [0, 0.05) is 54.4 Å². The van der Waals surface area contributed by atoms with Crippen LogP contribution in [0, 0.1) is 13.8 Å². The lowest BCUT2D eigenvalue weighted by molar-refractivity contribution is 0.307. The van der Waals surface area contributed by atoms with Crippen molar-refractivity contribution < 1.29 is 0 Å². The lowest BCUT2D eigenvalue weighted by Gasteiger charge is -2.24. The Morgan fingerprint density at radius 2 is 2.16 bits per heavy atom. The second-order valence-corrected chi connectivity index (χ2v) is 7.39. The average molecular weight is 356 g/mol. The summed E-state index contributed by atoms with van der Waals surface area (Å²) in [7, 11) is 2.18. The molecule has 1 aliphatic rings. The molecule has 1 aliphatic heterocycles. The van der Waals surface area contributed by atoms with Crippen molar-refractivity contribution in [2.75, 3.05) is 13.6 Å². The number of allylic oxidation sites excluding steroid dienone is 2. The van der Waals surface area contributed by atoms with Crippen LogP contribution in [0.3, 0.4) is 0 Å². The Hall–Kier alpha value is -1.84. The lowest BCUT2D eigenvalue weighted by atomic mass is 10.0. The van der Waals surface area contributed by atoms with Crippen molar-refractivity contribution in [2.24, 2.45) is 0 Å². The summed E-state index contributed by atoms with van der Waals surface area (Å²) in [5.74, 6) is 0. The van der Waals surface area contributed by atoms with Gasteiger partial charge in [0.25, 0.3) is 0 Å². The molecular formula is C21H26ClN3. The molecule has 0 unspecified atom stereocenters. The highest BCUT2D eigenvalue weighted by molar-refractivity contribution is 6.31. The van der Waals surface area contributed by atoms with Gasteiger partial charge in [0.2, 0.25) is 0 Å². The maximum atomic E-state index is 5.95. The van der Waals surface area contributed by atoms with E-state index in [0.717, 1.165) is 38.2 Å². The molecule has 3 rings (SSSR count). The van der Waals surface area contributed by atoms with E-state index < -0.39 is 0 Å². The zero-order valence-corrected chi connectivity index (χ0v) is 16.1. The molecule has 2 aromatic heterocycles. The minimum Gasteiger partial charge on any atom is -0.348 e. The fourth-order valence-electron chi connectivity index (χ4n) is 3.58. The van der Waals surface area contributed by atoms with Crippen LogP contribution in [0.2, 0.25) is 0 Å². The number of nitrogens with zero attached hydrogens (tertiary/aromatic N) is 3. The summed E-state index contributed by atoms with van der Waals surface area (Å²) in [4.78, 5) is 6.79. The molecule has 0 saturated heterocycles. The fraction of sp³-hybridized carbons (Fsp3) is 0.381. The molecule has 3 heterocycles. The van der Waals surface area contributed by atoms with Crippen LogP contribution in [-0.2, 0) is 25.9 Å². The molecule has 3 nitrogen and oxygen atoms in total. The van der Waals surface area contributed by atoms with E-state index in [1.165, 1.54) is 28.1 Å². The van der Waals surface area contributed by atoms with E-state index in [9.17, 15) is 0 Å². The number of aromatic nitrogens is 2. The highest BCUT2D eigenvalue weighted by Gasteiger charge is 2.23. The maximum Gasteiger partial charge on any atom is 0.0372 e. The molecule has 0 aromatic carbocycles. The summed E-state index contributed by atoms with van der Waals surface area (Å²) in [5, 5.41) is 0.566. The number of aryl methyl sites for hydroxylation is 2. The van der Waals surface area contributed by atoms with E-state index in [-0.39, 0.29) is 0 Å². The predicted octanol–water partition coefficient (Wildman–Crippen LogP) is 4.50. The monoisotopic (exact) mass is 355 g/mol. The Bertz CT molecular complexity index is 800. The Morgan fingerprint density at radius 1 is 1.36 bits per heavy atom. The third-order valence-electron chi connectivity index (χ3n) is 4.98. The molecule has 0 fully saturated rings. The molecule has 0 spiro atoms. The standard InChI is InChI=1S/C21H26ClN3/c1-15(22)5-8-19-17(3)25(21-10-11-24(4)14-20(19)21)12-9-18-7-6-16(2)23-13-18/h5-8,13H,1,9-12,14H2,2-4H3. The number of fused-ring (bicyclic) bond motifs is 1. The first-order valence-corrected chi connectivity index (χ1v) is 9.17. The third kappa shape index (κ3) is 4.05. The van der Waals surface area contributed by atoms with Crippen LogP contribution in [0.25, 0.3) is 6.08 Å². The van der Waals surface area contributed by atoms with Crippen molar-refractivity contribution >= 4 is 17.7 Å². The fourth-order valence-corrected chi connectivity index (χ4v) is 3.64. The normalized spacial score (nSPS) is 14.9. The Morgan fingerprint density at radius 3 is 2.84 bits per heavy atom. The first-order valence-electron chi connectivity index (χ1n) is 8.79. The molecule has 4 heteroatoms. The first-order chi connectivity index (χ1) is 12.0. The van der Waals surface area contributed by atoms with E-state index in [4.69, 9.17) is 11.6 Å². The smallest absolute Gasteiger partial charge is 0.0372 e. The van der Waals surface area contributed by atoms with Gasteiger partial charge in [0.05, 0.1) is 0 Å². The van der Waals surface area contributed by atoms with Crippen LogP contribution in [0.5, 0.6) is 0 Å². The van der Waals surface area contributed by atoms with E-state index in [1.54, 1.807) is 0 Å². The summed E-state index contributed by atoms with van der Waals surface area (Å²) >= 11 is 5.95. The topological polar surface area (TPSA) is 21.1 Å². The quantitative estimate of drug-likeness (QED) is 0.736. The SMILES string of the molecule is C=C(Cl)C=Cc1c2c(n(CCc3ccc(C)nc3)c1C)CCN(C)C2. The van der Waals surface area contributed by atoms with Crippen LogP contribution < -0.4 is 0 Å². The summed E-state index contributed by atoms with van der Waals surface area (Å²) in [5.41, 5.74) is 7.86. The minimum atomic E-state index is 0.566. The van der Waals surface area contributed by atoms with Gasteiger partial charge in [-0.25, -0.2) is 0 Å². The van der Waals surface area contributed by atoms with Crippen LogP contribution in [0.4, 0.5) is 0 Å². The average Bonchev–Trinajstić information content (AvgIpc) is 2.83. The number of hydrogen-bond acceptors (Lipinski definition) is 2. The van der Waals surface area contributed by atoms with Crippen LogP contribution in [-0.4, -0.2) is 28.0 Å². The Labute approximate surface area is 155 Å². The van der Waals surface area contributed by atoms with Crippen LogP contribution in [0.1, 0.15) is 33.8 Å². The molecule has 25 heavy (non-hydrogen) atoms. The highest BCUT2D eigenvalue weighted by atomic mass is 35.5.